The largest absolute Gasteiger partial charge is 0.296 e. The van der Waals surface area contributed by atoms with Gasteiger partial charge in [-0.3, -0.25) is 14.9 Å². The smallest absolute Gasteiger partial charge is 0.267 e. The number of hydrogen-bond acceptors (Lipinski definition) is 4. The van der Waals surface area contributed by atoms with Crippen LogP contribution in [0.2, 0.25) is 5.02 Å². The van der Waals surface area contributed by atoms with E-state index in [9.17, 15) is 14.9 Å². The number of hydrogen-bond donors (Lipinski definition) is 0. The van der Waals surface area contributed by atoms with Crippen LogP contribution in [0.4, 0.5) is 5.69 Å². The van der Waals surface area contributed by atoms with Gasteiger partial charge in [0.1, 0.15) is 0 Å². The monoisotopic (exact) mass is 377 g/mol. The van der Waals surface area contributed by atoms with Gasteiger partial charge in [-0.2, -0.15) is 9.78 Å². The number of nitro benzene ring substituents is 1. The summed E-state index contributed by atoms with van der Waals surface area (Å²) in [5.74, 6) is 0. The molecule has 0 saturated heterocycles. The molecule has 7 heteroatoms. The van der Waals surface area contributed by atoms with Gasteiger partial charge in [0.05, 0.1) is 21.0 Å². The molecule has 0 amide bonds. The first kappa shape index (κ1) is 16.9. The lowest BCUT2D eigenvalue weighted by atomic mass is 10.1. The number of aromatic nitrogens is 2. The molecule has 27 heavy (non-hydrogen) atoms. The predicted octanol–water partition coefficient (Wildman–Crippen LogP) is 4.61. The van der Waals surface area contributed by atoms with E-state index in [2.05, 4.69) is 5.10 Å². The van der Waals surface area contributed by atoms with E-state index in [1.165, 1.54) is 18.2 Å². The van der Waals surface area contributed by atoms with Gasteiger partial charge >= 0.3 is 0 Å². The zero-order chi connectivity index (χ0) is 19.0. The summed E-state index contributed by atoms with van der Waals surface area (Å²) in [4.78, 5) is 24.0. The van der Waals surface area contributed by atoms with Gasteiger partial charge in [0, 0.05) is 17.0 Å². The van der Waals surface area contributed by atoms with Gasteiger partial charge in [0.15, 0.2) is 5.69 Å². The Balaban J connectivity index is 2.15. The Hall–Kier alpha value is -3.51. The van der Waals surface area contributed by atoms with Crippen molar-refractivity contribution in [1.82, 2.24) is 9.78 Å². The Labute approximate surface area is 158 Å². The molecule has 6 nitrogen and oxygen atoms in total. The zero-order valence-electron chi connectivity index (χ0n) is 13.9. The summed E-state index contributed by atoms with van der Waals surface area (Å²) >= 11 is 6.23. The Morgan fingerprint density at radius 3 is 2.26 bits per heavy atom. The lowest BCUT2D eigenvalue weighted by molar-refractivity contribution is -0.384. The van der Waals surface area contributed by atoms with Gasteiger partial charge in [0.25, 0.3) is 11.2 Å². The van der Waals surface area contributed by atoms with E-state index in [-0.39, 0.29) is 16.4 Å². The maximum Gasteiger partial charge on any atom is 0.296 e. The van der Waals surface area contributed by atoms with Crippen molar-refractivity contribution in [2.24, 2.45) is 0 Å². The van der Waals surface area contributed by atoms with E-state index < -0.39 is 10.5 Å². The first-order valence-corrected chi connectivity index (χ1v) is 8.46. The molecular weight excluding hydrogens is 366 g/mol. The molecule has 0 atom stereocenters. The van der Waals surface area contributed by atoms with Crippen LogP contribution in [-0.2, 0) is 0 Å². The van der Waals surface area contributed by atoms with Crippen LogP contribution in [0, 0.1) is 10.1 Å². The number of nitrogens with zero attached hydrogens (tertiary/aromatic N) is 3. The van der Waals surface area contributed by atoms with Crippen LogP contribution >= 0.6 is 11.6 Å². The fourth-order valence-corrected chi connectivity index (χ4v) is 3.26. The molecule has 0 bridgehead atoms. The number of rotatable bonds is 3. The Bertz CT molecular complexity index is 1240. The molecule has 132 valence electrons. The minimum Gasteiger partial charge on any atom is -0.267 e. The van der Waals surface area contributed by atoms with Gasteiger partial charge in [-0.1, -0.05) is 66.2 Å². The average Bonchev–Trinajstić information content (AvgIpc) is 2.69. The molecule has 0 spiro atoms. The standard InChI is InChI=1S/C20H12ClN3O3/c21-16-11-6-12-17(24(26)27)19(16)23-20(25)15-10-5-4-9-14(15)18(22-23)13-7-2-1-3-8-13/h1-12H. The molecule has 1 aromatic heterocycles. The summed E-state index contributed by atoms with van der Waals surface area (Å²) in [6, 6.07) is 20.6. The van der Waals surface area contributed by atoms with E-state index in [1.54, 1.807) is 18.2 Å². The van der Waals surface area contributed by atoms with Gasteiger partial charge in [-0.05, 0) is 12.1 Å². The first-order valence-electron chi connectivity index (χ1n) is 8.08. The number of benzene rings is 3. The summed E-state index contributed by atoms with van der Waals surface area (Å²) in [6.45, 7) is 0. The fraction of sp³-hybridized carbons (Fsp3) is 0. The third-order valence-corrected chi connectivity index (χ3v) is 4.53. The molecule has 0 radical (unpaired) electrons. The Kier molecular flexibility index (Phi) is 4.18. The Morgan fingerprint density at radius 2 is 1.56 bits per heavy atom. The molecule has 0 aliphatic rings. The van der Waals surface area contributed by atoms with Crippen molar-refractivity contribution in [2.75, 3.05) is 0 Å². The van der Waals surface area contributed by atoms with Crippen LogP contribution in [0.5, 0.6) is 0 Å². The molecule has 0 fully saturated rings. The van der Waals surface area contributed by atoms with E-state index in [1.807, 2.05) is 36.4 Å². The highest BCUT2D eigenvalue weighted by molar-refractivity contribution is 6.32. The van der Waals surface area contributed by atoms with E-state index >= 15 is 0 Å². The highest BCUT2D eigenvalue weighted by Gasteiger charge is 2.22. The van der Waals surface area contributed by atoms with Gasteiger partial charge in [-0.25, -0.2) is 0 Å². The van der Waals surface area contributed by atoms with Crippen LogP contribution in [-0.4, -0.2) is 14.7 Å². The SMILES string of the molecule is O=c1c2ccccc2c(-c2ccccc2)nn1-c1c(Cl)cccc1[N+](=O)[O-]. The van der Waals surface area contributed by atoms with Crippen molar-refractivity contribution in [3.05, 3.63) is 98.3 Å². The van der Waals surface area contributed by atoms with Gasteiger partial charge in [0.2, 0.25) is 0 Å². The lowest BCUT2D eigenvalue weighted by Crippen LogP contribution is -2.23. The number of nitro groups is 1. The summed E-state index contributed by atoms with van der Waals surface area (Å²) in [5, 5.41) is 17.1. The fourth-order valence-electron chi connectivity index (χ4n) is 3.01. The van der Waals surface area contributed by atoms with Gasteiger partial charge in [-0.15, -0.1) is 0 Å². The maximum absolute atomic E-state index is 13.1. The minimum absolute atomic E-state index is 0.0444. The summed E-state index contributed by atoms with van der Waals surface area (Å²) < 4.78 is 1.02. The number of halogens is 1. The van der Waals surface area contributed by atoms with E-state index in [0.717, 1.165) is 10.2 Å². The second kappa shape index (κ2) is 6.66. The van der Waals surface area contributed by atoms with E-state index in [4.69, 9.17) is 11.6 Å². The second-order valence-electron chi connectivity index (χ2n) is 5.84. The Morgan fingerprint density at radius 1 is 0.889 bits per heavy atom. The van der Waals surface area contributed by atoms with Crippen LogP contribution in [0.3, 0.4) is 0 Å². The molecule has 4 aromatic rings. The number of para-hydroxylation sites is 1. The maximum atomic E-state index is 13.1. The van der Waals surface area contributed by atoms with Crippen molar-refractivity contribution in [2.45, 2.75) is 0 Å². The van der Waals surface area contributed by atoms with Crippen LogP contribution in [0.1, 0.15) is 0 Å². The van der Waals surface area contributed by atoms with Crippen LogP contribution in [0.15, 0.2) is 77.6 Å². The van der Waals surface area contributed by atoms with Crippen LogP contribution < -0.4 is 5.56 Å². The molecule has 0 N–H and O–H groups in total. The average molecular weight is 378 g/mol. The molecule has 0 aliphatic heterocycles. The third-order valence-electron chi connectivity index (χ3n) is 4.23. The second-order valence-corrected chi connectivity index (χ2v) is 6.25. The molecular formula is C20H12ClN3O3. The predicted molar refractivity (Wildman–Crippen MR) is 104 cm³/mol. The minimum atomic E-state index is -0.577. The van der Waals surface area contributed by atoms with Crippen molar-refractivity contribution in [3.8, 4) is 16.9 Å². The molecule has 4 rings (SSSR count). The van der Waals surface area contributed by atoms with Crippen molar-refractivity contribution < 1.29 is 4.92 Å². The third kappa shape index (κ3) is 2.86. The quantitative estimate of drug-likeness (QED) is 0.385. The zero-order valence-corrected chi connectivity index (χ0v) is 14.6. The highest BCUT2D eigenvalue weighted by Crippen LogP contribution is 2.31. The summed E-state index contributed by atoms with van der Waals surface area (Å²) in [6.07, 6.45) is 0. The molecule has 0 saturated carbocycles. The van der Waals surface area contributed by atoms with E-state index in [0.29, 0.717) is 16.5 Å². The lowest BCUT2D eigenvalue weighted by Gasteiger charge is -2.12. The number of fused-ring (bicyclic) bond motifs is 1. The van der Waals surface area contributed by atoms with Crippen LogP contribution in [0.25, 0.3) is 27.7 Å². The molecule has 3 aromatic carbocycles. The van der Waals surface area contributed by atoms with Crippen molar-refractivity contribution >= 4 is 28.1 Å². The van der Waals surface area contributed by atoms with Gasteiger partial charge < -0.3 is 0 Å². The topological polar surface area (TPSA) is 78.0 Å². The first-order chi connectivity index (χ1) is 13.1. The molecule has 0 aliphatic carbocycles. The van der Waals surface area contributed by atoms with Crippen molar-refractivity contribution in [1.29, 1.82) is 0 Å². The normalized spacial score (nSPS) is 10.9. The summed E-state index contributed by atoms with van der Waals surface area (Å²) in [7, 11) is 0. The molecule has 1 heterocycles. The molecule has 0 unspecified atom stereocenters. The highest BCUT2D eigenvalue weighted by atomic mass is 35.5. The van der Waals surface area contributed by atoms with Crippen molar-refractivity contribution in [3.63, 3.8) is 0 Å². The summed E-state index contributed by atoms with van der Waals surface area (Å²) in [5.41, 5.74) is 0.530.